The lowest BCUT2D eigenvalue weighted by Gasteiger charge is -2.24. The molecule has 0 aliphatic rings. The third-order valence-electron chi connectivity index (χ3n) is 3.34. The number of hydrogen-bond acceptors (Lipinski definition) is 7. The van der Waals surface area contributed by atoms with Gasteiger partial charge in [-0.25, -0.2) is 0 Å². The van der Waals surface area contributed by atoms with Crippen molar-refractivity contribution >= 4 is 41.8 Å². The molecule has 9 heteroatoms. The van der Waals surface area contributed by atoms with E-state index in [1.165, 1.54) is 7.11 Å². The largest absolute Gasteiger partial charge is 0.399 e. The van der Waals surface area contributed by atoms with E-state index < -0.39 is 12.6 Å². The van der Waals surface area contributed by atoms with Crippen LogP contribution in [0.3, 0.4) is 0 Å². The van der Waals surface area contributed by atoms with Crippen LogP contribution in [0.2, 0.25) is 5.02 Å². The fraction of sp³-hybridized carbons (Fsp3) is 0.529. The molecular formula is C17H25ClNO5PS. The van der Waals surface area contributed by atoms with Gasteiger partial charge in [0.15, 0.2) is 0 Å². The molecule has 0 fully saturated rings. The summed E-state index contributed by atoms with van der Waals surface area (Å²) in [7, 11) is 1.33. The molecule has 0 spiro atoms. The molecule has 1 aromatic rings. The highest BCUT2D eigenvalue weighted by Crippen LogP contribution is 2.50. The summed E-state index contributed by atoms with van der Waals surface area (Å²) in [6.45, 7) is 4.83. The van der Waals surface area contributed by atoms with E-state index in [0.29, 0.717) is 5.02 Å². The third-order valence-corrected chi connectivity index (χ3v) is 5.99. The molecule has 0 saturated heterocycles. The molecule has 0 N–H and O–H groups in total. The molecule has 146 valence electrons. The summed E-state index contributed by atoms with van der Waals surface area (Å²) in [5, 5.41) is 4.33. The Morgan fingerprint density at radius 3 is 2.15 bits per heavy atom. The Hall–Kier alpha value is -0.980. The van der Waals surface area contributed by atoms with Crippen molar-refractivity contribution in [1.82, 2.24) is 0 Å². The van der Waals surface area contributed by atoms with Crippen molar-refractivity contribution in [2.45, 2.75) is 33.6 Å². The topological polar surface area (TPSA) is 66.3 Å². The van der Waals surface area contributed by atoms with Crippen LogP contribution < -0.4 is 0 Å². The van der Waals surface area contributed by atoms with Gasteiger partial charge in [-0.05, 0) is 42.6 Å². The van der Waals surface area contributed by atoms with Crippen LogP contribution in [0.15, 0.2) is 29.4 Å². The molecule has 1 atom stereocenters. The molecule has 6 nitrogen and oxygen atoms in total. The minimum absolute atomic E-state index is 0.0219. The Kier molecular flexibility index (Phi) is 9.75. The number of carbonyl (C=O) groups excluding carboxylic acids is 1. The van der Waals surface area contributed by atoms with Crippen molar-refractivity contribution in [3.63, 3.8) is 0 Å². The first-order valence-electron chi connectivity index (χ1n) is 8.27. The minimum Gasteiger partial charge on any atom is -0.399 e. The van der Waals surface area contributed by atoms with E-state index in [4.69, 9.17) is 41.8 Å². The van der Waals surface area contributed by atoms with Crippen molar-refractivity contribution in [3.05, 3.63) is 34.9 Å². The molecule has 1 unspecified atom stereocenters. The van der Waals surface area contributed by atoms with Gasteiger partial charge >= 0.3 is 12.6 Å². The second-order valence-corrected chi connectivity index (χ2v) is 8.96. The van der Waals surface area contributed by atoms with Crippen LogP contribution in [0.1, 0.15) is 39.2 Å². The number of nitrogens with zero attached hydrogens (tertiary/aromatic N) is 1. The second kappa shape index (κ2) is 11.0. The highest BCUT2D eigenvalue weighted by atomic mass is 35.5. The SMILES string of the molecule is CCOP(=S)(OCC)OC(=NOC)C(=O)C(c1ccc(Cl)cc1)C(C)C. The number of rotatable bonds is 10. The maximum atomic E-state index is 13.1. The Balaban J connectivity index is 3.20. The fourth-order valence-corrected chi connectivity index (χ4v) is 4.46. The van der Waals surface area contributed by atoms with Crippen LogP contribution in [-0.2, 0) is 35.0 Å². The highest BCUT2D eigenvalue weighted by molar-refractivity contribution is 8.07. The number of Topliss-reactive ketones (excluding diaryl/α,β-unsaturated/α-hetero) is 1. The average Bonchev–Trinajstić information content (AvgIpc) is 2.56. The molecule has 0 bridgehead atoms. The quantitative estimate of drug-likeness (QED) is 0.231. The van der Waals surface area contributed by atoms with Crippen LogP contribution in [0, 0.1) is 5.92 Å². The molecule has 0 aliphatic heterocycles. The normalized spacial score (nSPS) is 13.6. The Bertz CT molecular complexity index is 656. The van der Waals surface area contributed by atoms with Crippen molar-refractivity contribution in [3.8, 4) is 0 Å². The van der Waals surface area contributed by atoms with Crippen molar-refractivity contribution in [2.24, 2.45) is 11.1 Å². The average molecular weight is 422 g/mol. The van der Waals surface area contributed by atoms with Gasteiger partial charge in [0.1, 0.15) is 7.11 Å². The van der Waals surface area contributed by atoms with Crippen molar-refractivity contribution in [1.29, 1.82) is 0 Å². The molecule has 0 amide bonds. The third kappa shape index (κ3) is 6.63. The van der Waals surface area contributed by atoms with Crippen molar-refractivity contribution in [2.75, 3.05) is 20.3 Å². The summed E-state index contributed by atoms with van der Waals surface area (Å²) in [5.74, 6) is -1.15. The van der Waals surface area contributed by atoms with E-state index in [0.717, 1.165) is 5.56 Å². The van der Waals surface area contributed by atoms with Gasteiger partial charge in [0, 0.05) is 16.8 Å². The lowest BCUT2D eigenvalue weighted by atomic mass is 9.85. The summed E-state index contributed by atoms with van der Waals surface area (Å²) < 4.78 is 16.5. The summed E-state index contributed by atoms with van der Waals surface area (Å²) in [4.78, 5) is 17.9. The molecule has 1 aromatic carbocycles. The van der Waals surface area contributed by atoms with Gasteiger partial charge in [0.2, 0.25) is 5.78 Å². The van der Waals surface area contributed by atoms with Crippen LogP contribution >= 0.6 is 18.3 Å². The van der Waals surface area contributed by atoms with Gasteiger partial charge in [-0.1, -0.05) is 37.6 Å². The molecule has 26 heavy (non-hydrogen) atoms. The Morgan fingerprint density at radius 1 is 1.19 bits per heavy atom. The van der Waals surface area contributed by atoms with E-state index in [2.05, 4.69) is 5.16 Å². The number of benzene rings is 1. The van der Waals surface area contributed by atoms with E-state index in [-0.39, 0.29) is 30.8 Å². The molecule has 0 saturated carbocycles. The first-order chi connectivity index (χ1) is 12.3. The number of halogens is 1. The molecule has 0 heterocycles. The van der Waals surface area contributed by atoms with E-state index >= 15 is 0 Å². The summed E-state index contributed by atoms with van der Waals surface area (Å²) in [6.07, 6.45) is 0. The predicted molar refractivity (Wildman–Crippen MR) is 107 cm³/mol. The van der Waals surface area contributed by atoms with Crippen molar-refractivity contribution < 1.29 is 23.2 Å². The first-order valence-corrected chi connectivity index (χ1v) is 11.2. The van der Waals surface area contributed by atoms with Gasteiger partial charge in [-0.3, -0.25) is 13.8 Å². The zero-order valence-corrected chi connectivity index (χ0v) is 18.1. The lowest BCUT2D eigenvalue weighted by molar-refractivity contribution is -0.116. The smallest absolute Gasteiger partial charge is 0.382 e. The molecule has 0 aliphatic carbocycles. The molecule has 0 aromatic heterocycles. The maximum absolute atomic E-state index is 13.1. The van der Waals surface area contributed by atoms with Gasteiger partial charge in [0.05, 0.1) is 19.1 Å². The standard InChI is InChI=1S/C17H25ClNO5PS/c1-6-22-25(26,23-7-2)24-17(19-21-5)16(20)15(12(3)4)13-8-10-14(18)11-9-13/h8-12,15H,6-7H2,1-5H3. The van der Waals surface area contributed by atoms with E-state index in [1.807, 2.05) is 13.8 Å². The maximum Gasteiger partial charge on any atom is 0.382 e. The summed E-state index contributed by atoms with van der Waals surface area (Å²) in [5.41, 5.74) is 0.794. The monoisotopic (exact) mass is 421 g/mol. The van der Waals surface area contributed by atoms with Gasteiger partial charge in [-0.15, -0.1) is 0 Å². The Labute approximate surface area is 165 Å². The number of oxime groups is 1. The van der Waals surface area contributed by atoms with Crippen LogP contribution in [0.4, 0.5) is 0 Å². The van der Waals surface area contributed by atoms with Gasteiger partial charge in [-0.2, -0.15) is 0 Å². The number of carbonyl (C=O) groups is 1. The highest BCUT2D eigenvalue weighted by Gasteiger charge is 2.34. The van der Waals surface area contributed by atoms with Crippen LogP contribution in [-0.4, -0.2) is 32.0 Å². The zero-order valence-electron chi connectivity index (χ0n) is 15.6. The molecular weight excluding hydrogens is 397 g/mol. The summed E-state index contributed by atoms with van der Waals surface area (Å²) in [6, 6.07) is 7.07. The summed E-state index contributed by atoms with van der Waals surface area (Å²) >= 11 is 11.3. The van der Waals surface area contributed by atoms with Gasteiger partial charge < -0.3 is 9.36 Å². The predicted octanol–water partition coefficient (Wildman–Crippen LogP) is 4.92. The van der Waals surface area contributed by atoms with Gasteiger partial charge in [0.25, 0.3) is 0 Å². The molecule has 0 radical (unpaired) electrons. The van der Waals surface area contributed by atoms with E-state index in [9.17, 15) is 4.79 Å². The number of hydrogen-bond donors (Lipinski definition) is 0. The lowest BCUT2D eigenvalue weighted by Crippen LogP contribution is -2.28. The zero-order chi connectivity index (χ0) is 19.7. The fourth-order valence-electron chi connectivity index (χ4n) is 2.34. The number of ketones is 1. The van der Waals surface area contributed by atoms with Crippen LogP contribution in [0.5, 0.6) is 0 Å². The Morgan fingerprint density at radius 2 is 1.73 bits per heavy atom. The molecule has 1 rings (SSSR count). The second-order valence-electron chi connectivity index (χ2n) is 5.59. The van der Waals surface area contributed by atoms with Crippen LogP contribution in [0.25, 0.3) is 0 Å². The van der Waals surface area contributed by atoms with E-state index in [1.54, 1.807) is 38.1 Å². The minimum atomic E-state index is -3.15. The first kappa shape index (κ1) is 23.1.